The van der Waals surface area contributed by atoms with Crippen LogP contribution in [0.25, 0.3) is 0 Å². The summed E-state index contributed by atoms with van der Waals surface area (Å²) in [6.45, 7) is 20.7. The zero-order valence-electron chi connectivity index (χ0n) is 36.5. The number of methoxy groups -OCH3 is 2. The smallest absolute Gasteiger partial charge is 0.226 e. The summed E-state index contributed by atoms with van der Waals surface area (Å²) in [6, 6.07) is 6.61. The average molecular weight is 771 g/mol. The van der Waals surface area contributed by atoms with E-state index < -0.39 is 30.1 Å². The molecular weight excluding hydrogens is 697 g/mol. The number of nitrogens with one attached hydrogen (secondary N) is 1. The molecule has 1 fully saturated rings. The van der Waals surface area contributed by atoms with Gasteiger partial charge >= 0.3 is 0 Å². The second-order valence-electron chi connectivity index (χ2n) is 16.9. The van der Waals surface area contributed by atoms with Crippen LogP contribution in [-0.2, 0) is 35.1 Å². The highest BCUT2D eigenvalue weighted by Crippen LogP contribution is 2.31. The van der Waals surface area contributed by atoms with Crippen molar-refractivity contribution in [3.8, 4) is 0 Å². The minimum atomic E-state index is -0.581. The van der Waals surface area contributed by atoms with Gasteiger partial charge in [0.05, 0.1) is 42.7 Å². The van der Waals surface area contributed by atoms with Crippen LogP contribution in [0.4, 0.5) is 0 Å². The first-order valence-corrected chi connectivity index (χ1v) is 20.6. The molecular formula is C44H74N4O7. The van der Waals surface area contributed by atoms with Crippen LogP contribution in [-0.4, -0.2) is 122 Å². The predicted molar refractivity (Wildman–Crippen MR) is 219 cm³/mol. The number of nitrogens with zero attached hydrogens (tertiary/aromatic N) is 3. The van der Waals surface area contributed by atoms with Gasteiger partial charge in [0.15, 0.2) is 11.6 Å². The molecule has 0 bridgehead atoms. The van der Waals surface area contributed by atoms with Gasteiger partial charge in [0, 0.05) is 58.3 Å². The molecule has 11 nitrogen and oxygen atoms in total. The van der Waals surface area contributed by atoms with E-state index in [1.165, 1.54) is 6.92 Å². The van der Waals surface area contributed by atoms with Gasteiger partial charge in [-0.15, -0.1) is 0 Å². The van der Waals surface area contributed by atoms with Crippen molar-refractivity contribution in [3.63, 3.8) is 0 Å². The van der Waals surface area contributed by atoms with E-state index in [-0.39, 0.29) is 78.0 Å². The zero-order valence-corrected chi connectivity index (χ0v) is 36.5. The number of carbonyl (C=O) groups excluding carboxylic acids is 5. The average Bonchev–Trinajstić information content (AvgIpc) is 3.62. The molecule has 1 N–H and O–H groups in total. The summed E-state index contributed by atoms with van der Waals surface area (Å²) in [5.41, 5.74) is 1.67. The molecule has 1 aromatic carbocycles. The van der Waals surface area contributed by atoms with Gasteiger partial charge in [-0.3, -0.25) is 28.9 Å². The molecule has 1 aliphatic rings. The van der Waals surface area contributed by atoms with Crippen molar-refractivity contribution in [2.24, 2.45) is 29.6 Å². The summed E-state index contributed by atoms with van der Waals surface area (Å²) < 4.78 is 12.0. The van der Waals surface area contributed by atoms with Gasteiger partial charge in [0.2, 0.25) is 17.7 Å². The molecule has 0 aromatic heterocycles. The van der Waals surface area contributed by atoms with Crippen LogP contribution in [0.2, 0.25) is 0 Å². The Morgan fingerprint density at radius 1 is 0.891 bits per heavy atom. The molecule has 0 unspecified atom stereocenters. The Balaban J connectivity index is 2.21. The Kier molecular flexibility index (Phi) is 19.7. The zero-order chi connectivity index (χ0) is 41.7. The highest BCUT2D eigenvalue weighted by molar-refractivity contribution is 5.94. The summed E-state index contributed by atoms with van der Waals surface area (Å²) in [5, 5.41) is 3.03. The van der Waals surface area contributed by atoms with E-state index in [1.54, 1.807) is 38.3 Å². The lowest BCUT2D eigenvalue weighted by Crippen LogP contribution is -2.54. The third-order valence-corrected chi connectivity index (χ3v) is 12.1. The molecule has 1 aliphatic heterocycles. The molecule has 0 spiro atoms. The first kappa shape index (κ1) is 48.0. The number of carbonyl (C=O) groups is 5. The van der Waals surface area contributed by atoms with Crippen molar-refractivity contribution in [2.75, 3.05) is 41.4 Å². The first-order chi connectivity index (χ1) is 25.8. The number of Topliss-reactive ketones (excluding diaryl/α,β-unsaturated/α-hetero) is 2. The maximum atomic E-state index is 14.4. The molecule has 2 rings (SSSR count). The van der Waals surface area contributed by atoms with Crippen molar-refractivity contribution in [2.45, 2.75) is 144 Å². The van der Waals surface area contributed by atoms with Gasteiger partial charge in [-0.2, -0.15) is 0 Å². The monoisotopic (exact) mass is 771 g/mol. The number of likely N-dealkylation sites (tertiary alicyclic amines) is 1. The molecule has 1 heterocycles. The van der Waals surface area contributed by atoms with Crippen LogP contribution in [0, 0.1) is 29.6 Å². The van der Waals surface area contributed by atoms with E-state index in [9.17, 15) is 24.0 Å². The van der Waals surface area contributed by atoms with Gasteiger partial charge in [0.25, 0.3) is 0 Å². The third-order valence-electron chi connectivity index (χ3n) is 12.1. The highest BCUT2D eigenvalue weighted by Gasteiger charge is 2.43. The molecule has 312 valence electrons. The molecule has 8 atom stereocenters. The van der Waals surface area contributed by atoms with Crippen LogP contribution in [0.1, 0.15) is 117 Å². The van der Waals surface area contributed by atoms with Gasteiger partial charge in [-0.25, -0.2) is 0 Å². The van der Waals surface area contributed by atoms with Crippen molar-refractivity contribution in [3.05, 3.63) is 35.4 Å². The van der Waals surface area contributed by atoms with Crippen molar-refractivity contribution >= 4 is 29.3 Å². The van der Waals surface area contributed by atoms with Crippen molar-refractivity contribution in [1.29, 1.82) is 0 Å². The van der Waals surface area contributed by atoms with Crippen LogP contribution >= 0.6 is 0 Å². The maximum Gasteiger partial charge on any atom is 0.226 e. The molecule has 0 aliphatic carbocycles. The standard InChI is InChI=1S/C44H74N4O7/c1-15-30(8)41(47(12)44(53)35(27(2)3)25-37(50)40(28(4)5)46(11)29(6)7)38(54-13)26-39(51)48-24-16-17-36(48)42(55-14)31(9)43(52)45-23-22-33-18-20-34(21-19-33)32(10)49/h18-21,27-31,35-36,38,40-42H,15-17,22-26H2,1-14H3,(H,45,52)/t30-,31+,35-,36-,38+,40-,41-,42+/m0/s1. The van der Waals surface area contributed by atoms with Crippen LogP contribution in [0.15, 0.2) is 24.3 Å². The van der Waals surface area contributed by atoms with E-state index in [0.717, 1.165) is 18.4 Å². The number of amides is 3. The SMILES string of the molecule is CC[C@H](C)[C@@H]([C@@H](CC(=O)N1CCC[C@H]1[C@H](OC)[C@@H](C)C(=O)NCCc1ccc(C(C)=O)cc1)OC)N(C)C(=O)[C@@H](CC(=O)[C@H](C(C)C)N(C)C(C)C)C(C)C. The second-order valence-corrected chi connectivity index (χ2v) is 16.9. The molecule has 11 heteroatoms. The Morgan fingerprint density at radius 2 is 1.51 bits per heavy atom. The van der Waals surface area contributed by atoms with Gasteiger partial charge in [-0.1, -0.05) is 79.2 Å². The van der Waals surface area contributed by atoms with E-state index in [2.05, 4.69) is 51.8 Å². The highest BCUT2D eigenvalue weighted by atomic mass is 16.5. The Bertz CT molecular complexity index is 1400. The van der Waals surface area contributed by atoms with Crippen molar-refractivity contribution < 1.29 is 33.4 Å². The molecule has 1 saturated heterocycles. The Labute approximate surface area is 332 Å². The quantitative estimate of drug-likeness (QED) is 0.133. The normalized spacial score (nSPS) is 18.6. The lowest BCUT2D eigenvalue weighted by molar-refractivity contribution is -0.149. The van der Waals surface area contributed by atoms with E-state index in [0.29, 0.717) is 31.5 Å². The molecule has 55 heavy (non-hydrogen) atoms. The summed E-state index contributed by atoms with van der Waals surface area (Å²) in [4.78, 5) is 73.1. The number of hydrogen-bond acceptors (Lipinski definition) is 8. The second kappa shape index (κ2) is 22.6. The maximum absolute atomic E-state index is 14.4. The number of benzene rings is 1. The van der Waals surface area contributed by atoms with Crippen LogP contribution < -0.4 is 5.32 Å². The molecule has 0 saturated carbocycles. The predicted octanol–water partition coefficient (Wildman–Crippen LogP) is 6.06. The fourth-order valence-corrected chi connectivity index (χ4v) is 8.30. The number of ether oxygens (including phenoxy) is 2. The number of likely N-dealkylation sites (N-methyl/N-ethyl adjacent to an activating group) is 2. The summed E-state index contributed by atoms with van der Waals surface area (Å²) in [5.74, 6) is -1.23. The Hall–Kier alpha value is -3.15. The Morgan fingerprint density at radius 3 is 2.00 bits per heavy atom. The number of rotatable bonds is 23. The minimum absolute atomic E-state index is 0.0132. The first-order valence-electron chi connectivity index (χ1n) is 20.6. The summed E-state index contributed by atoms with van der Waals surface area (Å²) >= 11 is 0. The number of hydrogen-bond donors (Lipinski definition) is 1. The van der Waals surface area contributed by atoms with Gasteiger partial charge < -0.3 is 24.6 Å². The molecule has 0 radical (unpaired) electrons. The summed E-state index contributed by atoms with van der Waals surface area (Å²) in [6.07, 6.45) is 2.02. The van der Waals surface area contributed by atoms with E-state index in [4.69, 9.17) is 9.47 Å². The largest absolute Gasteiger partial charge is 0.379 e. The van der Waals surface area contributed by atoms with Crippen LogP contribution in [0.5, 0.6) is 0 Å². The van der Waals surface area contributed by atoms with E-state index in [1.807, 2.05) is 44.9 Å². The fourth-order valence-electron chi connectivity index (χ4n) is 8.30. The molecule has 3 amide bonds. The summed E-state index contributed by atoms with van der Waals surface area (Å²) in [7, 11) is 6.94. The molecule has 1 aromatic rings. The fraction of sp³-hybridized carbons (Fsp3) is 0.750. The topological polar surface area (TPSA) is 126 Å². The van der Waals surface area contributed by atoms with Gasteiger partial charge in [-0.05, 0) is 70.4 Å². The number of ketones is 2. The minimum Gasteiger partial charge on any atom is -0.379 e. The third kappa shape index (κ3) is 12.9. The lowest BCUT2D eigenvalue weighted by Gasteiger charge is -2.41. The van der Waals surface area contributed by atoms with Gasteiger partial charge in [0.1, 0.15) is 0 Å². The van der Waals surface area contributed by atoms with Crippen molar-refractivity contribution in [1.82, 2.24) is 20.0 Å². The lowest BCUT2D eigenvalue weighted by atomic mass is 9.83. The van der Waals surface area contributed by atoms with Crippen LogP contribution in [0.3, 0.4) is 0 Å². The van der Waals surface area contributed by atoms with E-state index >= 15 is 0 Å².